The number of hydrogen-bond acceptors (Lipinski definition) is 5. The van der Waals surface area contributed by atoms with E-state index in [0.29, 0.717) is 38.6 Å². The van der Waals surface area contributed by atoms with Gasteiger partial charge in [-0.2, -0.15) is 4.58 Å². The van der Waals surface area contributed by atoms with E-state index in [1.807, 2.05) is 0 Å². The first kappa shape index (κ1) is 44.6. The van der Waals surface area contributed by atoms with E-state index in [1.165, 1.54) is 33.9 Å². The van der Waals surface area contributed by atoms with Gasteiger partial charge in [0.15, 0.2) is 5.71 Å². The van der Waals surface area contributed by atoms with E-state index in [0.717, 1.165) is 80.6 Å². The summed E-state index contributed by atoms with van der Waals surface area (Å²) in [5.74, 6) is -1.69. The summed E-state index contributed by atoms with van der Waals surface area (Å²) in [5.41, 5.74) is 15.0. The van der Waals surface area contributed by atoms with Gasteiger partial charge in [0.05, 0.1) is 5.41 Å². The Labute approximate surface area is 350 Å². The van der Waals surface area contributed by atoms with Crippen LogP contribution in [-0.4, -0.2) is 64.0 Å². The van der Waals surface area contributed by atoms with Crippen molar-refractivity contribution in [3.05, 3.63) is 106 Å². The van der Waals surface area contributed by atoms with Gasteiger partial charge in [0.25, 0.3) is 0 Å². The lowest BCUT2D eigenvalue weighted by Crippen LogP contribution is -2.30. The number of carboxylic acid groups (broad SMARTS) is 2. The molecule has 2 aromatic rings. The summed E-state index contributed by atoms with van der Waals surface area (Å²) in [6.07, 6.45) is 19.5. The number of para-hydroxylation sites is 2. The molecule has 1 atom stereocenters. The molecule has 0 saturated carbocycles. The Bertz CT molecular complexity index is 1970. The number of carbonyl (C=O) groups excluding carboxylic acids is 1. The minimum Gasteiger partial charge on any atom is -0.481 e. The van der Waals surface area contributed by atoms with Crippen LogP contribution >= 0.6 is 11.6 Å². The molecule has 0 bridgehead atoms. The fourth-order valence-corrected chi connectivity index (χ4v) is 9.03. The molecule has 2 heterocycles. The summed E-state index contributed by atoms with van der Waals surface area (Å²) in [4.78, 5) is 36.8. The number of benzene rings is 2. The van der Waals surface area contributed by atoms with Crippen molar-refractivity contribution in [2.75, 3.05) is 24.5 Å². The third kappa shape index (κ3) is 11.0. The molecule has 9 nitrogen and oxygen atoms in total. The zero-order chi connectivity index (χ0) is 41.9. The fourth-order valence-electron chi connectivity index (χ4n) is 8.71. The first-order valence-corrected chi connectivity index (χ1v) is 21.7. The Hall–Kier alpha value is -4.47. The average Bonchev–Trinajstić information content (AvgIpc) is 3.54. The van der Waals surface area contributed by atoms with Gasteiger partial charge < -0.3 is 26.2 Å². The molecule has 5 rings (SSSR count). The Morgan fingerprint density at radius 3 is 2.31 bits per heavy atom. The van der Waals surface area contributed by atoms with Crippen LogP contribution in [0.5, 0.6) is 0 Å². The highest BCUT2D eigenvalue weighted by Crippen LogP contribution is 2.48. The summed E-state index contributed by atoms with van der Waals surface area (Å²) in [7, 11) is 0. The van der Waals surface area contributed by atoms with Crippen molar-refractivity contribution in [3.63, 3.8) is 0 Å². The quantitative estimate of drug-likeness (QED) is 0.0728. The molecule has 58 heavy (non-hydrogen) atoms. The van der Waals surface area contributed by atoms with Crippen molar-refractivity contribution in [3.8, 4) is 0 Å². The normalized spacial score (nSPS) is 19.0. The van der Waals surface area contributed by atoms with Crippen LogP contribution in [-0.2, 0) is 25.2 Å². The van der Waals surface area contributed by atoms with Crippen molar-refractivity contribution in [1.29, 1.82) is 0 Å². The van der Waals surface area contributed by atoms with Crippen LogP contribution in [0.25, 0.3) is 0 Å². The fraction of sp³-hybridized carbons (Fsp3) is 0.500. The van der Waals surface area contributed by atoms with E-state index in [9.17, 15) is 14.4 Å². The first-order valence-electron chi connectivity index (χ1n) is 21.3. The number of unbranched alkanes of at least 4 members (excludes halogenated alkanes) is 5. The number of allylic oxidation sites excluding steroid dienone is 8. The summed E-state index contributed by atoms with van der Waals surface area (Å²) in [5, 5.41) is 21.8. The lowest BCUT2D eigenvalue weighted by Gasteiger charge is -2.27. The maximum atomic E-state index is 12.4. The highest BCUT2D eigenvalue weighted by Gasteiger charge is 2.44. The first-order chi connectivity index (χ1) is 27.7. The van der Waals surface area contributed by atoms with Crippen LogP contribution in [0, 0.1) is 0 Å². The van der Waals surface area contributed by atoms with Crippen LogP contribution in [0.1, 0.15) is 129 Å². The molecule has 1 amide bonds. The number of amides is 1. The highest BCUT2D eigenvalue weighted by atomic mass is 35.5. The van der Waals surface area contributed by atoms with Gasteiger partial charge in [0.1, 0.15) is 12.6 Å². The summed E-state index contributed by atoms with van der Waals surface area (Å²) in [6, 6.07) is 16.4. The van der Waals surface area contributed by atoms with Crippen molar-refractivity contribution in [2.24, 2.45) is 5.73 Å². The van der Waals surface area contributed by atoms with E-state index in [4.69, 9.17) is 27.5 Å². The van der Waals surface area contributed by atoms with Gasteiger partial charge in [-0.25, -0.2) is 0 Å². The van der Waals surface area contributed by atoms with E-state index < -0.39 is 18.0 Å². The topological polar surface area (TPSA) is 136 Å². The molecule has 1 aliphatic carbocycles. The number of halogens is 1. The molecule has 10 heteroatoms. The third-order valence-corrected chi connectivity index (χ3v) is 12.6. The van der Waals surface area contributed by atoms with E-state index in [-0.39, 0.29) is 23.2 Å². The number of anilines is 1. The number of hydrogen-bond donors (Lipinski definition) is 4. The lowest BCUT2D eigenvalue weighted by molar-refractivity contribution is -0.438. The van der Waals surface area contributed by atoms with E-state index in [1.54, 1.807) is 0 Å². The highest BCUT2D eigenvalue weighted by molar-refractivity contribution is 6.32. The number of aliphatic carboxylic acids is 2. The number of fused-ring (bicyclic) bond motifs is 2. The molecule has 0 spiro atoms. The van der Waals surface area contributed by atoms with E-state index >= 15 is 0 Å². The Kier molecular flexibility index (Phi) is 15.8. The number of nitrogens with two attached hydrogens (primary N) is 1. The Balaban J connectivity index is 1.27. The molecule has 1 unspecified atom stereocenters. The maximum Gasteiger partial charge on any atom is 0.320 e. The minimum atomic E-state index is -0.989. The second-order valence-electron chi connectivity index (χ2n) is 17.0. The molecule has 2 aromatic carbocycles. The standard InChI is InChI=1S/C48H63ClN4O5/c1-47(2)36-20-9-11-23-39(36)52(32-15-5-7-25-43(54)51-31-14-13-22-38(50)46(57)58)41(47)29-27-34-18-17-19-35(45(34)49)28-30-42-48(3,4)37-21-10-12-24-40(37)53(42)33-16-6-8-26-44(55)56/h9-12,20-21,23-24,27-30,38H,5-8,13-19,22,25-26,31-33,50H2,1-4H3,(H2-,51,54,55,56,57,58)/p+1. The van der Waals surface area contributed by atoms with Crippen molar-refractivity contribution in [2.45, 2.75) is 134 Å². The average molecular weight is 813 g/mol. The van der Waals surface area contributed by atoms with Gasteiger partial charge in [-0.05, 0) is 107 Å². The zero-order valence-electron chi connectivity index (χ0n) is 35.0. The maximum absolute atomic E-state index is 12.4. The lowest BCUT2D eigenvalue weighted by atomic mass is 9.81. The SMILES string of the molecule is CC1(C)C(/C=C/C2=C(Cl)C(=C/C=C3/N(CCCCCC(=O)O)c4ccccc4C3(C)C)/CCC2)=[N+](CCCCCC(=O)NCCCCC(N)C(=O)O)c2ccccc21. The van der Waals surface area contributed by atoms with Gasteiger partial charge in [-0.1, -0.05) is 80.4 Å². The summed E-state index contributed by atoms with van der Waals surface area (Å²) < 4.78 is 2.45. The molecule has 3 aliphatic rings. The van der Waals surface area contributed by atoms with Crippen LogP contribution in [0.4, 0.5) is 11.4 Å². The van der Waals surface area contributed by atoms with Crippen LogP contribution in [0.3, 0.4) is 0 Å². The number of nitrogens with one attached hydrogen (secondary N) is 1. The van der Waals surface area contributed by atoms with Crippen LogP contribution < -0.4 is 16.0 Å². The van der Waals surface area contributed by atoms with Crippen molar-refractivity contribution in [1.82, 2.24) is 5.32 Å². The van der Waals surface area contributed by atoms with Crippen molar-refractivity contribution < 1.29 is 29.2 Å². The third-order valence-electron chi connectivity index (χ3n) is 12.1. The monoisotopic (exact) mass is 811 g/mol. The van der Waals surface area contributed by atoms with Gasteiger partial charge >= 0.3 is 11.9 Å². The van der Waals surface area contributed by atoms with Gasteiger partial charge in [0, 0.05) is 71.9 Å². The minimum absolute atomic E-state index is 0.0342. The molecule has 2 aliphatic heterocycles. The molecule has 0 radical (unpaired) electrons. The molecule has 0 saturated heterocycles. The molecular formula is C48H64ClN4O5+. The Morgan fingerprint density at radius 1 is 0.845 bits per heavy atom. The van der Waals surface area contributed by atoms with Crippen molar-refractivity contribution >= 4 is 46.5 Å². The summed E-state index contributed by atoms with van der Waals surface area (Å²) in [6.45, 7) is 11.4. The number of carbonyl (C=O) groups is 3. The summed E-state index contributed by atoms with van der Waals surface area (Å²) >= 11 is 7.26. The largest absolute Gasteiger partial charge is 0.481 e. The Morgan fingerprint density at radius 2 is 1.55 bits per heavy atom. The molecule has 0 fully saturated rings. The van der Waals surface area contributed by atoms with Crippen LogP contribution in [0.15, 0.2) is 94.7 Å². The molecular weight excluding hydrogens is 748 g/mol. The van der Waals surface area contributed by atoms with Gasteiger partial charge in [0.2, 0.25) is 11.6 Å². The predicted octanol–water partition coefficient (Wildman–Crippen LogP) is 9.81. The van der Waals surface area contributed by atoms with E-state index in [2.05, 4.69) is 115 Å². The second kappa shape index (κ2) is 20.5. The number of nitrogens with zero attached hydrogens (tertiary/aromatic N) is 2. The second-order valence-corrected chi connectivity index (χ2v) is 17.4. The van der Waals surface area contributed by atoms with Gasteiger partial charge in [-0.3, -0.25) is 14.4 Å². The molecule has 312 valence electrons. The predicted molar refractivity (Wildman–Crippen MR) is 235 cm³/mol. The smallest absolute Gasteiger partial charge is 0.320 e. The number of carboxylic acids is 2. The van der Waals surface area contributed by atoms with Gasteiger partial charge in [-0.15, -0.1) is 0 Å². The molecule has 5 N–H and O–H groups in total. The molecule has 0 aromatic heterocycles. The van der Waals surface area contributed by atoms with Crippen LogP contribution in [0.2, 0.25) is 0 Å². The number of rotatable bonds is 21. The zero-order valence-corrected chi connectivity index (χ0v) is 35.8.